The lowest BCUT2D eigenvalue weighted by Crippen LogP contribution is -2.40. The molecular formula is C26H23F2N3O5. The van der Waals surface area contributed by atoms with E-state index < -0.39 is 40.9 Å². The van der Waals surface area contributed by atoms with Gasteiger partial charge in [-0.25, -0.2) is 18.4 Å². The van der Waals surface area contributed by atoms with Gasteiger partial charge in [-0.3, -0.25) is 4.90 Å². The molecule has 0 spiro atoms. The Morgan fingerprint density at radius 1 is 1.06 bits per heavy atom. The van der Waals surface area contributed by atoms with Gasteiger partial charge in [-0.05, 0) is 24.8 Å². The first-order valence-corrected chi connectivity index (χ1v) is 11.1. The molecule has 0 aromatic heterocycles. The molecule has 2 aliphatic rings. The predicted molar refractivity (Wildman–Crippen MR) is 124 cm³/mol. The molecule has 1 heterocycles. The van der Waals surface area contributed by atoms with Crippen LogP contribution in [-0.4, -0.2) is 32.3 Å². The lowest BCUT2D eigenvalue weighted by atomic mass is 9.81. The number of nitriles is 1. The van der Waals surface area contributed by atoms with Crippen LogP contribution in [0.4, 0.5) is 14.5 Å². The number of benzene rings is 2. The number of carbonyl (C=O) groups excluding carboxylic acids is 2. The Kier molecular flexibility index (Phi) is 6.92. The van der Waals surface area contributed by atoms with Crippen molar-refractivity contribution in [3.63, 3.8) is 0 Å². The quantitative estimate of drug-likeness (QED) is 0.602. The van der Waals surface area contributed by atoms with Crippen molar-refractivity contribution in [3.8, 4) is 11.8 Å². The number of ether oxygens (including phenoxy) is 3. The number of hydrogen-bond donors (Lipinski definition) is 1. The molecule has 1 aliphatic heterocycles. The lowest BCUT2D eigenvalue weighted by Gasteiger charge is -2.36. The molecule has 8 nitrogen and oxygen atoms in total. The number of hydrogen-bond acceptors (Lipinski definition) is 8. The van der Waals surface area contributed by atoms with E-state index in [9.17, 15) is 14.9 Å². The van der Waals surface area contributed by atoms with Crippen molar-refractivity contribution in [1.29, 1.82) is 5.26 Å². The first-order chi connectivity index (χ1) is 17.3. The smallest absolute Gasteiger partial charge is 0.355 e. The van der Waals surface area contributed by atoms with E-state index in [1.54, 1.807) is 30.3 Å². The van der Waals surface area contributed by atoms with Crippen molar-refractivity contribution in [3.05, 3.63) is 82.3 Å². The highest BCUT2D eigenvalue weighted by Crippen LogP contribution is 2.44. The third kappa shape index (κ3) is 4.24. The van der Waals surface area contributed by atoms with Crippen molar-refractivity contribution in [2.24, 2.45) is 5.73 Å². The molecule has 10 heteroatoms. The van der Waals surface area contributed by atoms with E-state index in [0.29, 0.717) is 18.4 Å². The van der Waals surface area contributed by atoms with Crippen LogP contribution in [0.15, 0.2) is 65.1 Å². The van der Waals surface area contributed by atoms with Crippen LogP contribution in [0.1, 0.15) is 30.7 Å². The van der Waals surface area contributed by atoms with Crippen molar-refractivity contribution in [2.75, 3.05) is 19.1 Å². The maximum absolute atomic E-state index is 15.0. The average Bonchev–Trinajstić information content (AvgIpc) is 2.85. The van der Waals surface area contributed by atoms with Crippen molar-refractivity contribution >= 4 is 17.6 Å². The summed E-state index contributed by atoms with van der Waals surface area (Å²) in [6.07, 6.45) is 2.00. The second-order valence-corrected chi connectivity index (χ2v) is 8.24. The largest absolute Gasteiger partial charge is 0.484 e. The van der Waals surface area contributed by atoms with Gasteiger partial charge in [0.15, 0.2) is 17.4 Å². The molecule has 2 N–H and O–H groups in total. The second-order valence-electron chi connectivity index (χ2n) is 8.24. The van der Waals surface area contributed by atoms with Gasteiger partial charge in [0.2, 0.25) is 0 Å². The molecule has 1 saturated carbocycles. The monoisotopic (exact) mass is 495 g/mol. The van der Waals surface area contributed by atoms with Gasteiger partial charge in [-0.1, -0.05) is 30.3 Å². The fraction of sp³-hybridized carbons (Fsp3) is 0.269. The first-order valence-electron chi connectivity index (χ1n) is 11.1. The van der Waals surface area contributed by atoms with Gasteiger partial charge in [0.25, 0.3) is 0 Å². The van der Waals surface area contributed by atoms with Crippen LogP contribution in [0.5, 0.6) is 5.75 Å². The zero-order valence-electron chi connectivity index (χ0n) is 19.6. The van der Waals surface area contributed by atoms with Gasteiger partial charge in [-0.2, -0.15) is 5.26 Å². The van der Waals surface area contributed by atoms with Gasteiger partial charge in [0.1, 0.15) is 11.5 Å². The zero-order valence-corrected chi connectivity index (χ0v) is 19.6. The first kappa shape index (κ1) is 24.7. The number of esters is 2. The van der Waals surface area contributed by atoms with E-state index in [1.807, 2.05) is 6.07 Å². The Morgan fingerprint density at radius 3 is 2.17 bits per heavy atom. The zero-order chi connectivity index (χ0) is 26.0. The molecular weight excluding hydrogens is 472 g/mol. The van der Waals surface area contributed by atoms with E-state index >= 15 is 8.78 Å². The predicted octanol–water partition coefficient (Wildman–Crippen LogP) is 3.79. The number of anilines is 1. The molecule has 0 amide bonds. The fourth-order valence-electron chi connectivity index (χ4n) is 4.23. The maximum Gasteiger partial charge on any atom is 0.355 e. The fourth-order valence-corrected chi connectivity index (χ4v) is 4.23. The summed E-state index contributed by atoms with van der Waals surface area (Å²) in [5.74, 6) is -5.97. The second kappa shape index (κ2) is 10.1. The summed E-state index contributed by atoms with van der Waals surface area (Å²) in [7, 11) is 2.19. The van der Waals surface area contributed by atoms with Gasteiger partial charge in [0.05, 0.1) is 49.1 Å². The van der Waals surface area contributed by atoms with Crippen LogP contribution in [0.25, 0.3) is 0 Å². The molecule has 1 atom stereocenters. The average molecular weight is 495 g/mol. The van der Waals surface area contributed by atoms with Gasteiger partial charge >= 0.3 is 11.9 Å². The van der Waals surface area contributed by atoms with Crippen LogP contribution >= 0.6 is 0 Å². The van der Waals surface area contributed by atoms with Crippen molar-refractivity contribution in [1.82, 2.24) is 0 Å². The Morgan fingerprint density at radius 2 is 1.67 bits per heavy atom. The van der Waals surface area contributed by atoms with E-state index in [-0.39, 0.29) is 28.8 Å². The summed E-state index contributed by atoms with van der Waals surface area (Å²) in [6.45, 7) is 0. The molecule has 2 aromatic carbocycles. The third-order valence-corrected chi connectivity index (χ3v) is 6.19. The Balaban J connectivity index is 1.96. The molecule has 36 heavy (non-hydrogen) atoms. The molecule has 1 aliphatic carbocycles. The van der Waals surface area contributed by atoms with Gasteiger partial charge < -0.3 is 19.9 Å². The molecule has 4 rings (SSSR count). The number of rotatable bonds is 6. The van der Waals surface area contributed by atoms with Gasteiger partial charge in [0, 0.05) is 12.1 Å². The minimum atomic E-state index is -1.09. The van der Waals surface area contributed by atoms with E-state index in [1.165, 1.54) is 0 Å². The molecule has 0 saturated heterocycles. The highest BCUT2D eigenvalue weighted by Gasteiger charge is 2.43. The summed E-state index contributed by atoms with van der Waals surface area (Å²) >= 11 is 0. The van der Waals surface area contributed by atoms with Gasteiger partial charge in [-0.15, -0.1) is 0 Å². The number of nitrogens with two attached hydrogens (primary N) is 1. The van der Waals surface area contributed by atoms with Crippen LogP contribution in [0.2, 0.25) is 0 Å². The Bertz CT molecular complexity index is 1290. The normalized spacial score (nSPS) is 17.9. The Labute approximate surface area is 206 Å². The third-order valence-electron chi connectivity index (χ3n) is 6.19. The summed E-state index contributed by atoms with van der Waals surface area (Å²) in [5.41, 5.74) is 5.75. The van der Waals surface area contributed by atoms with Crippen LogP contribution < -0.4 is 15.4 Å². The minimum absolute atomic E-state index is 0.120. The number of carbonyl (C=O) groups is 2. The highest BCUT2D eigenvalue weighted by molar-refractivity contribution is 6.06. The van der Waals surface area contributed by atoms with E-state index in [0.717, 1.165) is 37.7 Å². The number of methoxy groups -OCH3 is 2. The Hall–Kier alpha value is -4.39. The van der Waals surface area contributed by atoms with Crippen LogP contribution in [0, 0.1) is 23.0 Å². The summed E-state index contributed by atoms with van der Waals surface area (Å²) in [6, 6.07) is 12.2. The molecule has 2 aromatic rings. The maximum atomic E-state index is 15.0. The van der Waals surface area contributed by atoms with E-state index in [2.05, 4.69) is 0 Å². The van der Waals surface area contributed by atoms with E-state index in [4.69, 9.17) is 19.9 Å². The van der Waals surface area contributed by atoms with Crippen LogP contribution in [0.3, 0.4) is 0 Å². The molecule has 186 valence electrons. The standard InChI is InChI=1S/C26H23F2N3O5/c1-34-25(32)21-20(14-7-4-3-5-8-14)17(13-29)24(30)31(22(21)26(33)35-2)15-11-18(27)23(19(28)12-15)36-16-9-6-10-16/h3-5,7-8,11-12,16,20H,6,9-10,30H2,1-2H3. The number of halogens is 2. The topological polar surface area (TPSA) is 115 Å². The SMILES string of the molecule is COC(=O)C1=C(C(=O)OC)N(c2cc(F)c(OC3CCC3)c(F)c2)C(N)=C(C#N)C1c1ccccc1. The highest BCUT2D eigenvalue weighted by atomic mass is 19.1. The number of allylic oxidation sites excluding steroid dienone is 1. The summed E-state index contributed by atoms with van der Waals surface area (Å²) in [5, 5.41) is 10.0. The van der Waals surface area contributed by atoms with Crippen LogP contribution in [-0.2, 0) is 19.1 Å². The van der Waals surface area contributed by atoms with Crippen molar-refractivity contribution < 1.29 is 32.6 Å². The number of nitrogens with zero attached hydrogens (tertiary/aromatic N) is 2. The summed E-state index contributed by atoms with van der Waals surface area (Å²) in [4.78, 5) is 27.0. The molecule has 1 fully saturated rings. The lowest BCUT2D eigenvalue weighted by molar-refractivity contribution is -0.139. The summed E-state index contributed by atoms with van der Waals surface area (Å²) < 4.78 is 45.3. The minimum Gasteiger partial charge on any atom is -0.484 e. The molecule has 0 bridgehead atoms. The van der Waals surface area contributed by atoms with Crippen molar-refractivity contribution in [2.45, 2.75) is 31.3 Å². The molecule has 1 unspecified atom stereocenters. The molecule has 0 radical (unpaired) electrons.